The largest absolute Gasteiger partial charge is 0.383 e. The molecule has 4 N–H and O–H groups in total. The third-order valence-electron chi connectivity index (χ3n) is 3.82. The van der Waals surface area contributed by atoms with Crippen molar-refractivity contribution in [2.45, 2.75) is 19.0 Å². The molecular formula is C19H22FN3O3. The molecule has 2 unspecified atom stereocenters. The highest BCUT2D eigenvalue weighted by molar-refractivity contribution is 6.04. The van der Waals surface area contributed by atoms with Crippen molar-refractivity contribution in [3.63, 3.8) is 0 Å². The average Bonchev–Trinajstić information content (AvgIpc) is 2.63. The predicted molar refractivity (Wildman–Crippen MR) is 97.2 cm³/mol. The van der Waals surface area contributed by atoms with Gasteiger partial charge in [-0.1, -0.05) is 12.1 Å². The first-order chi connectivity index (χ1) is 12.4. The number of methoxy groups -OCH3 is 1. The number of amides is 2. The van der Waals surface area contributed by atoms with Crippen LogP contribution in [0.2, 0.25) is 0 Å². The summed E-state index contributed by atoms with van der Waals surface area (Å²) in [6.07, 6.45) is 0. The molecule has 6 nitrogen and oxygen atoms in total. The number of hydrogen-bond donors (Lipinski definition) is 3. The molecule has 0 saturated heterocycles. The van der Waals surface area contributed by atoms with Crippen LogP contribution in [0, 0.1) is 5.82 Å². The van der Waals surface area contributed by atoms with E-state index in [1.54, 1.807) is 24.3 Å². The molecule has 0 spiro atoms. The SMILES string of the molecule is COCC(N)C(=O)NC(C)c1ccc(NC(=O)c2ccc(F)cc2)cc1. The maximum Gasteiger partial charge on any atom is 0.255 e. The molecule has 7 heteroatoms. The zero-order chi connectivity index (χ0) is 19.1. The number of ether oxygens (including phenoxy) is 1. The fourth-order valence-corrected chi connectivity index (χ4v) is 2.32. The van der Waals surface area contributed by atoms with Crippen molar-refractivity contribution in [2.75, 3.05) is 19.0 Å². The summed E-state index contributed by atoms with van der Waals surface area (Å²) in [4.78, 5) is 24.0. The first kappa shape index (κ1) is 19.6. The first-order valence-corrected chi connectivity index (χ1v) is 8.12. The maximum atomic E-state index is 12.9. The Morgan fingerprint density at radius 3 is 2.31 bits per heavy atom. The van der Waals surface area contributed by atoms with Gasteiger partial charge in [0.2, 0.25) is 5.91 Å². The minimum Gasteiger partial charge on any atom is -0.383 e. The van der Waals surface area contributed by atoms with Gasteiger partial charge in [-0.25, -0.2) is 4.39 Å². The Balaban J connectivity index is 1.95. The lowest BCUT2D eigenvalue weighted by atomic mass is 10.1. The standard InChI is InChI=1S/C19H22FN3O3/c1-12(22-19(25)17(21)11-26-2)13-5-9-16(10-6-13)23-18(24)14-3-7-15(20)8-4-14/h3-10,12,17H,11,21H2,1-2H3,(H,22,25)(H,23,24). The van der Waals surface area contributed by atoms with Gasteiger partial charge in [0.05, 0.1) is 12.6 Å². The Morgan fingerprint density at radius 1 is 1.12 bits per heavy atom. The van der Waals surface area contributed by atoms with E-state index in [0.717, 1.165) is 5.56 Å². The van der Waals surface area contributed by atoms with Crippen LogP contribution < -0.4 is 16.4 Å². The molecule has 2 rings (SSSR count). The second kappa shape index (κ2) is 9.07. The summed E-state index contributed by atoms with van der Waals surface area (Å²) in [5, 5.41) is 5.54. The summed E-state index contributed by atoms with van der Waals surface area (Å²) >= 11 is 0. The smallest absolute Gasteiger partial charge is 0.255 e. The van der Waals surface area contributed by atoms with Crippen molar-refractivity contribution >= 4 is 17.5 Å². The third-order valence-corrected chi connectivity index (χ3v) is 3.82. The van der Waals surface area contributed by atoms with E-state index in [4.69, 9.17) is 10.5 Å². The molecule has 0 fully saturated rings. The summed E-state index contributed by atoms with van der Waals surface area (Å²) in [6, 6.07) is 11.4. The number of nitrogens with two attached hydrogens (primary N) is 1. The van der Waals surface area contributed by atoms with E-state index in [2.05, 4.69) is 10.6 Å². The molecule has 0 heterocycles. The number of carbonyl (C=O) groups excluding carboxylic acids is 2. The molecule has 2 aromatic carbocycles. The van der Waals surface area contributed by atoms with Crippen molar-refractivity contribution in [1.82, 2.24) is 5.32 Å². The van der Waals surface area contributed by atoms with Gasteiger partial charge < -0.3 is 21.1 Å². The summed E-state index contributed by atoms with van der Waals surface area (Å²) < 4.78 is 17.8. The van der Waals surface area contributed by atoms with Crippen LogP contribution in [0.5, 0.6) is 0 Å². The molecule has 138 valence electrons. The molecule has 2 aromatic rings. The van der Waals surface area contributed by atoms with Gasteiger partial charge in [0.25, 0.3) is 5.91 Å². The average molecular weight is 359 g/mol. The monoisotopic (exact) mass is 359 g/mol. The number of rotatable bonds is 7. The summed E-state index contributed by atoms with van der Waals surface area (Å²) in [7, 11) is 1.48. The minimum absolute atomic E-state index is 0.146. The Kier molecular flexibility index (Phi) is 6.82. The van der Waals surface area contributed by atoms with E-state index < -0.39 is 11.9 Å². The Bertz CT molecular complexity index is 748. The van der Waals surface area contributed by atoms with E-state index in [0.29, 0.717) is 11.3 Å². The van der Waals surface area contributed by atoms with Crippen LogP contribution in [0.1, 0.15) is 28.9 Å². The predicted octanol–water partition coefficient (Wildman–Crippen LogP) is 2.23. The molecule has 0 aliphatic rings. The van der Waals surface area contributed by atoms with Gasteiger partial charge in [0.1, 0.15) is 11.9 Å². The lowest BCUT2D eigenvalue weighted by Gasteiger charge is -2.18. The van der Waals surface area contributed by atoms with Crippen molar-refractivity contribution < 1.29 is 18.7 Å². The van der Waals surface area contributed by atoms with Crippen LogP contribution in [0.25, 0.3) is 0 Å². The molecule has 0 aliphatic carbocycles. The van der Waals surface area contributed by atoms with Crippen LogP contribution in [-0.2, 0) is 9.53 Å². The molecular weight excluding hydrogens is 337 g/mol. The zero-order valence-electron chi connectivity index (χ0n) is 14.7. The van der Waals surface area contributed by atoms with Crippen molar-refractivity contribution in [2.24, 2.45) is 5.73 Å². The summed E-state index contributed by atoms with van der Waals surface area (Å²) in [6.45, 7) is 1.98. The first-order valence-electron chi connectivity index (χ1n) is 8.12. The van der Waals surface area contributed by atoms with Crippen LogP contribution in [0.3, 0.4) is 0 Å². The number of halogens is 1. The molecule has 26 heavy (non-hydrogen) atoms. The third kappa shape index (κ3) is 5.37. The Hall–Kier alpha value is -2.77. The van der Waals surface area contributed by atoms with Crippen LogP contribution in [0.15, 0.2) is 48.5 Å². The van der Waals surface area contributed by atoms with Crippen molar-refractivity contribution in [3.05, 3.63) is 65.5 Å². The zero-order valence-corrected chi connectivity index (χ0v) is 14.7. The Morgan fingerprint density at radius 2 is 1.73 bits per heavy atom. The summed E-state index contributed by atoms with van der Waals surface area (Å²) in [5.41, 5.74) is 7.51. The number of carbonyl (C=O) groups is 2. The Labute approximate surface area is 151 Å². The normalized spacial score (nSPS) is 12.9. The van der Waals surface area contributed by atoms with Crippen LogP contribution in [0.4, 0.5) is 10.1 Å². The highest BCUT2D eigenvalue weighted by Gasteiger charge is 2.16. The van der Waals surface area contributed by atoms with Crippen molar-refractivity contribution in [1.29, 1.82) is 0 Å². The van der Waals surface area contributed by atoms with E-state index >= 15 is 0 Å². The number of hydrogen-bond acceptors (Lipinski definition) is 4. The van der Waals surface area contributed by atoms with Gasteiger partial charge in [-0.2, -0.15) is 0 Å². The van der Waals surface area contributed by atoms with Crippen molar-refractivity contribution in [3.8, 4) is 0 Å². The van der Waals surface area contributed by atoms with Gasteiger partial charge in [-0.3, -0.25) is 9.59 Å². The fraction of sp³-hybridized carbons (Fsp3) is 0.263. The number of anilines is 1. The maximum absolute atomic E-state index is 12.9. The number of nitrogens with one attached hydrogen (secondary N) is 2. The second-order valence-electron chi connectivity index (χ2n) is 5.88. The van der Waals surface area contributed by atoms with Crippen LogP contribution in [-0.4, -0.2) is 31.6 Å². The molecule has 0 aliphatic heterocycles. The summed E-state index contributed by atoms with van der Waals surface area (Å²) in [5.74, 6) is -1.02. The topological polar surface area (TPSA) is 93.4 Å². The molecule has 0 saturated carbocycles. The quantitative estimate of drug-likeness (QED) is 0.707. The van der Waals surface area contributed by atoms with Gasteiger partial charge in [-0.15, -0.1) is 0 Å². The van der Waals surface area contributed by atoms with Gasteiger partial charge in [-0.05, 0) is 48.9 Å². The van der Waals surface area contributed by atoms with E-state index in [1.807, 2.05) is 6.92 Å². The fourth-order valence-electron chi connectivity index (χ4n) is 2.32. The highest BCUT2D eigenvalue weighted by atomic mass is 19.1. The van der Waals surface area contributed by atoms with E-state index in [1.165, 1.54) is 31.4 Å². The van der Waals surface area contributed by atoms with Gasteiger partial charge in [0.15, 0.2) is 0 Å². The second-order valence-corrected chi connectivity index (χ2v) is 5.88. The lowest BCUT2D eigenvalue weighted by molar-refractivity contribution is -0.124. The van der Waals surface area contributed by atoms with Gasteiger partial charge in [0, 0.05) is 18.4 Å². The van der Waals surface area contributed by atoms with E-state index in [9.17, 15) is 14.0 Å². The minimum atomic E-state index is -0.725. The lowest BCUT2D eigenvalue weighted by Crippen LogP contribution is -2.44. The molecule has 2 amide bonds. The van der Waals surface area contributed by atoms with E-state index in [-0.39, 0.29) is 24.5 Å². The number of benzene rings is 2. The molecule has 0 aromatic heterocycles. The molecule has 2 atom stereocenters. The van der Waals surface area contributed by atoms with Gasteiger partial charge >= 0.3 is 0 Å². The van der Waals surface area contributed by atoms with Crippen LogP contribution >= 0.6 is 0 Å². The molecule has 0 radical (unpaired) electrons. The highest BCUT2D eigenvalue weighted by Crippen LogP contribution is 2.17. The molecule has 0 bridgehead atoms.